The highest BCUT2D eigenvalue weighted by Gasteiger charge is 2.15. The molecular weight excluding hydrogens is 294 g/mol. The van der Waals surface area contributed by atoms with Gasteiger partial charge in [0.05, 0.1) is 11.1 Å². The van der Waals surface area contributed by atoms with Crippen LogP contribution in [0.2, 0.25) is 5.02 Å². The van der Waals surface area contributed by atoms with Gasteiger partial charge in [-0.05, 0) is 18.6 Å². The monoisotopic (exact) mass is 318 g/mol. The molecule has 1 nitrogen and oxygen atoms in total. The van der Waals surface area contributed by atoms with Crippen molar-refractivity contribution >= 4 is 11.6 Å². The molecule has 0 aliphatic heterocycles. The van der Waals surface area contributed by atoms with Crippen molar-refractivity contribution in [2.75, 3.05) is 0 Å². The van der Waals surface area contributed by atoms with Crippen LogP contribution in [0, 0.1) is 11.6 Å². The van der Waals surface area contributed by atoms with Crippen molar-refractivity contribution in [3.63, 3.8) is 0 Å². The van der Waals surface area contributed by atoms with E-state index in [4.69, 9.17) is 11.6 Å². The molecule has 0 amide bonds. The average Bonchev–Trinajstić information content (AvgIpc) is 2.45. The lowest BCUT2D eigenvalue weighted by Crippen LogP contribution is -2.02. The summed E-state index contributed by atoms with van der Waals surface area (Å²) in [5.74, 6) is -1.34. The summed E-state index contributed by atoms with van der Waals surface area (Å²) in [5, 5.41) is 9.69. The first-order valence-electron chi connectivity index (χ1n) is 7.88. The third kappa shape index (κ3) is 6.75. The minimum atomic E-state index is -0.961. The van der Waals surface area contributed by atoms with Crippen LogP contribution in [0.25, 0.3) is 0 Å². The van der Waals surface area contributed by atoms with Crippen molar-refractivity contribution < 1.29 is 13.9 Å². The van der Waals surface area contributed by atoms with Gasteiger partial charge in [-0.15, -0.1) is 0 Å². The van der Waals surface area contributed by atoms with Gasteiger partial charge in [-0.25, -0.2) is 8.78 Å². The van der Waals surface area contributed by atoms with E-state index < -0.39 is 17.7 Å². The predicted molar refractivity (Wildman–Crippen MR) is 83.6 cm³/mol. The fourth-order valence-corrected chi connectivity index (χ4v) is 2.57. The quantitative estimate of drug-likeness (QED) is 0.403. The molecule has 120 valence electrons. The minimum Gasteiger partial charge on any atom is -0.388 e. The molecule has 1 atom stereocenters. The van der Waals surface area contributed by atoms with E-state index in [9.17, 15) is 13.9 Å². The summed E-state index contributed by atoms with van der Waals surface area (Å²) in [6.07, 6.45) is 8.74. The smallest absolute Gasteiger partial charge is 0.142 e. The number of benzene rings is 1. The maximum atomic E-state index is 13.6. The highest BCUT2D eigenvalue weighted by molar-refractivity contribution is 6.30. The Hall–Kier alpha value is -0.670. The van der Waals surface area contributed by atoms with E-state index in [0.29, 0.717) is 6.42 Å². The third-order valence-electron chi connectivity index (χ3n) is 3.73. The average molecular weight is 319 g/mol. The second-order valence-corrected chi connectivity index (χ2v) is 5.97. The molecule has 0 aliphatic rings. The number of halogens is 3. The standard InChI is InChI=1S/C17H25ClF2O/c1-2-3-4-5-6-7-8-9-10-17(21)13-11-16(20)14(18)12-15(13)19/h11-12,17,21H,2-10H2,1H3. The van der Waals surface area contributed by atoms with Crippen LogP contribution in [0.3, 0.4) is 0 Å². The number of aliphatic hydroxyl groups is 1. The van der Waals surface area contributed by atoms with E-state index >= 15 is 0 Å². The molecule has 0 saturated carbocycles. The molecule has 0 aromatic heterocycles. The Labute approximate surface area is 131 Å². The number of hydrogen-bond acceptors (Lipinski definition) is 1. The molecule has 4 heteroatoms. The lowest BCUT2D eigenvalue weighted by atomic mass is 10.0. The van der Waals surface area contributed by atoms with Crippen LogP contribution in [0.4, 0.5) is 8.78 Å². The van der Waals surface area contributed by atoms with Crippen molar-refractivity contribution in [1.82, 2.24) is 0 Å². The van der Waals surface area contributed by atoms with Crippen molar-refractivity contribution in [3.05, 3.63) is 34.4 Å². The molecule has 1 unspecified atom stereocenters. The number of rotatable bonds is 10. The van der Waals surface area contributed by atoms with Crippen molar-refractivity contribution in [2.45, 2.75) is 70.8 Å². The number of unbranched alkanes of at least 4 members (excludes halogenated alkanes) is 7. The van der Waals surface area contributed by atoms with E-state index in [1.165, 1.54) is 32.1 Å². The topological polar surface area (TPSA) is 20.2 Å². The summed E-state index contributed by atoms with van der Waals surface area (Å²) in [5.41, 5.74) is -0.000143. The summed E-state index contributed by atoms with van der Waals surface area (Å²) in [7, 11) is 0. The van der Waals surface area contributed by atoms with E-state index in [1.807, 2.05) is 0 Å². The Morgan fingerprint density at radius 1 is 0.952 bits per heavy atom. The second kappa shape index (κ2) is 10.1. The molecule has 1 N–H and O–H groups in total. The Kier molecular flexibility index (Phi) is 8.86. The van der Waals surface area contributed by atoms with Crippen LogP contribution in [-0.2, 0) is 0 Å². The zero-order chi connectivity index (χ0) is 15.7. The molecule has 0 saturated heterocycles. The molecule has 0 fully saturated rings. The Balaban J connectivity index is 2.25. The van der Waals surface area contributed by atoms with Gasteiger partial charge in [0.1, 0.15) is 11.6 Å². The van der Waals surface area contributed by atoms with Gasteiger partial charge in [-0.3, -0.25) is 0 Å². The highest BCUT2D eigenvalue weighted by Crippen LogP contribution is 2.27. The van der Waals surface area contributed by atoms with Crippen LogP contribution in [0.1, 0.15) is 76.4 Å². The molecule has 0 heterocycles. The summed E-state index contributed by atoms with van der Waals surface area (Å²) in [4.78, 5) is 0. The summed E-state index contributed by atoms with van der Waals surface area (Å²) in [6.45, 7) is 2.19. The fourth-order valence-electron chi connectivity index (χ4n) is 2.42. The van der Waals surface area contributed by atoms with Crippen LogP contribution in [0.15, 0.2) is 12.1 Å². The maximum absolute atomic E-state index is 13.6. The van der Waals surface area contributed by atoms with Crippen LogP contribution < -0.4 is 0 Å². The van der Waals surface area contributed by atoms with Crippen molar-refractivity contribution in [1.29, 1.82) is 0 Å². The Morgan fingerprint density at radius 3 is 2.14 bits per heavy atom. The molecule has 0 radical (unpaired) electrons. The van der Waals surface area contributed by atoms with E-state index in [0.717, 1.165) is 31.4 Å². The van der Waals surface area contributed by atoms with Gasteiger partial charge >= 0.3 is 0 Å². The molecule has 1 aromatic carbocycles. The van der Waals surface area contributed by atoms with Crippen molar-refractivity contribution in [2.24, 2.45) is 0 Å². The normalized spacial score (nSPS) is 12.6. The van der Waals surface area contributed by atoms with Crippen LogP contribution >= 0.6 is 11.6 Å². The lowest BCUT2D eigenvalue weighted by molar-refractivity contribution is 0.158. The van der Waals surface area contributed by atoms with E-state index in [2.05, 4.69) is 6.92 Å². The van der Waals surface area contributed by atoms with Crippen LogP contribution in [0.5, 0.6) is 0 Å². The van der Waals surface area contributed by atoms with Gasteiger partial charge in [-0.2, -0.15) is 0 Å². The number of aliphatic hydroxyl groups excluding tert-OH is 1. The fraction of sp³-hybridized carbons (Fsp3) is 0.647. The molecule has 1 aromatic rings. The molecule has 21 heavy (non-hydrogen) atoms. The second-order valence-electron chi connectivity index (χ2n) is 5.57. The highest BCUT2D eigenvalue weighted by atomic mass is 35.5. The maximum Gasteiger partial charge on any atom is 0.142 e. The Morgan fingerprint density at radius 2 is 1.52 bits per heavy atom. The van der Waals surface area contributed by atoms with E-state index in [1.54, 1.807) is 0 Å². The molecular formula is C17H25ClF2O. The number of hydrogen-bond donors (Lipinski definition) is 1. The third-order valence-corrected chi connectivity index (χ3v) is 4.02. The first-order valence-corrected chi connectivity index (χ1v) is 8.26. The molecule has 0 aliphatic carbocycles. The molecule has 0 bridgehead atoms. The van der Waals surface area contributed by atoms with Crippen LogP contribution in [-0.4, -0.2) is 5.11 Å². The van der Waals surface area contributed by atoms with Gasteiger partial charge < -0.3 is 5.11 Å². The zero-order valence-corrected chi connectivity index (χ0v) is 13.4. The largest absolute Gasteiger partial charge is 0.388 e. The van der Waals surface area contributed by atoms with Crippen molar-refractivity contribution in [3.8, 4) is 0 Å². The van der Waals surface area contributed by atoms with E-state index in [-0.39, 0.29) is 10.6 Å². The first-order chi connectivity index (χ1) is 10.1. The van der Waals surface area contributed by atoms with Gasteiger partial charge in [0.2, 0.25) is 0 Å². The minimum absolute atomic E-state index is 0.000143. The van der Waals surface area contributed by atoms with Gasteiger partial charge in [0, 0.05) is 5.56 Å². The summed E-state index contributed by atoms with van der Waals surface area (Å²) < 4.78 is 26.9. The predicted octanol–water partition coefficient (Wildman–Crippen LogP) is 6.18. The van der Waals surface area contributed by atoms with Gasteiger partial charge in [0.25, 0.3) is 0 Å². The zero-order valence-electron chi connectivity index (χ0n) is 12.7. The first kappa shape index (κ1) is 18.4. The Bertz CT molecular complexity index is 423. The van der Waals surface area contributed by atoms with Gasteiger partial charge in [0.15, 0.2) is 0 Å². The lowest BCUT2D eigenvalue weighted by Gasteiger charge is -2.12. The molecule has 0 spiro atoms. The SMILES string of the molecule is CCCCCCCCCCC(O)c1cc(F)c(Cl)cc1F. The summed E-state index contributed by atoms with van der Waals surface area (Å²) in [6, 6.07) is 1.91. The van der Waals surface area contributed by atoms with Gasteiger partial charge in [-0.1, -0.05) is 69.9 Å². The molecule has 1 rings (SSSR count). The summed E-state index contributed by atoms with van der Waals surface area (Å²) >= 11 is 5.49.